The van der Waals surface area contributed by atoms with E-state index >= 15 is 0 Å². The first kappa shape index (κ1) is 17.9. The molecule has 0 aliphatic carbocycles. The minimum atomic E-state index is -0.566. The fourth-order valence-electron chi connectivity index (χ4n) is 2.74. The maximum absolute atomic E-state index is 11.2. The molecule has 0 atom stereocenters. The summed E-state index contributed by atoms with van der Waals surface area (Å²) in [6.45, 7) is 3.79. The van der Waals surface area contributed by atoms with Gasteiger partial charge in [0.15, 0.2) is 0 Å². The van der Waals surface area contributed by atoms with Crippen molar-refractivity contribution in [3.8, 4) is 0 Å². The van der Waals surface area contributed by atoms with Crippen molar-refractivity contribution in [1.29, 1.82) is 0 Å². The highest BCUT2D eigenvalue weighted by Crippen LogP contribution is 2.19. The molecule has 1 fully saturated rings. The van der Waals surface area contributed by atoms with Crippen LogP contribution in [0.5, 0.6) is 0 Å². The quantitative estimate of drug-likeness (QED) is 0.418. The summed E-state index contributed by atoms with van der Waals surface area (Å²) in [5.74, 6) is 0.393. The Balaban J connectivity index is 1.67. The monoisotopic (exact) mass is 354 g/mol. The molecule has 2 heterocycles. The highest BCUT2D eigenvalue weighted by atomic mass is 16.5. The molecule has 7 nitrogen and oxygen atoms in total. The second kappa shape index (κ2) is 8.98. The maximum Gasteiger partial charge on any atom is 0.267 e. The largest absolute Gasteiger partial charge is 0.380 e. The van der Waals surface area contributed by atoms with Gasteiger partial charge in [0, 0.05) is 37.6 Å². The molecule has 136 valence electrons. The zero-order valence-electron chi connectivity index (χ0n) is 14.4. The lowest BCUT2D eigenvalue weighted by molar-refractivity contribution is -0.124. The molecule has 0 radical (unpaired) electrons. The Bertz CT molecular complexity index is 773. The van der Waals surface area contributed by atoms with Crippen molar-refractivity contribution in [3.63, 3.8) is 0 Å². The van der Waals surface area contributed by atoms with Crippen LogP contribution in [0.1, 0.15) is 11.1 Å². The van der Waals surface area contributed by atoms with Crippen molar-refractivity contribution in [1.82, 2.24) is 10.5 Å². The average molecular weight is 354 g/mol. The zero-order chi connectivity index (χ0) is 18.2. The summed E-state index contributed by atoms with van der Waals surface area (Å²) >= 11 is 0. The molecule has 26 heavy (non-hydrogen) atoms. The number of amides is 1. The van der Waals surface area contributed by atoms with Gasteiger partial charge in [-0.05, 0) is 35.4 Å². The van der Waals surface area contributed by atoms with Gasteiger partial charge in [-0.2, -0.15) is 0 Å². The van der Waals surface area contributed by atoms with E-state index in [0.29, 0.717) is 6.54 Å². The fraction of sp³-hybridized carbons (Fsp3) is 0.263. The second-order valence-electron chi connectivity index (χ2n) is 5.87. The number of anilines is 2. The van der Waals surface area contributed by atoms with Crippen molar-refractivity contribution < 1.29 is 14.7 Å². The molecule has 0 spiro atoms. The zero-order valence-corrected chi connectivity index (χ0v) is 14.4. The molecule has 0 unspecified atom stereocenters. The summed E-state index contributed by atoms with van der Waals surface area (Å²) in [4.78, 5) is 17.9. The Hall–Kier alpha value is -2.90. The Kier molecular flexibility index (Phi) is 6.19. The van der Waals surface area contributed by atoms with Crippen LogP contribution in [0, 0.1) is 0 Å². The van der Waals surface area contributed by atoms with Gasteiger partial charge in [0.25, 0.3) is 5.91 Å². The van der Waals surface area contributed by atoms with Gasteiger partial charge < -0.3 is 15.0 Å². The van der Waals surface area contributed by atoms with E-state index in [1.807, 2.05) is 36.5 Å². The van der Waals surface area contributed by atoms with E-state index in [1.54, 1.807) is 11.6 Å². The van der Waals surface area contributed by atoms with Gasteiger partial charge in [0.1, 0.15) is 5.82 Å². The minimum absolute atomic E-state index is 0.566. The predicted molar refractivity (Wildman–Crippen MR) is 100 cm³/mol. The molecule has 3 rings (SSSR count). The van der Waals surface area contributed by atoms with Gasteiger partial charge in [-0.25, -0.2) is 10.5 Å². The Morgan fingerprint density at radius 3 is 2.88 bits per heavy atom. The molecular weight excluding hydrogens is 332 g/mol. The van der Waals surface area contributed by atoms with Crippen LogP contribution in [-0.4, -0.2) is 42.4 Å². The molecule has 7 heteroatoms. The molecule has 1 amide bonds. The number of nitrogens with zero attached hydrogens (tertiary/aromatic N) is 2. The van der Waals surface area contributed by atoms with Gasteiger partial charge in [-0.3, -0.25) is 10.0 Å². The molecule has 2 aromatic rings. The van der Waals surface area contributed by atoms with E-state index in [-0.39, 0.29) is 0 Å². The van der Waals surface area contributed by atoms with Gasteiger partial charge >= 0.3 is 0 Å². The molecule has 1 aliphatic heterocycles. The number of carbonyl (C=O) groups is 1. The number of rotatable bonds is 6. The van der Waals surface area contributed by atoms with Crippen LogP contribution in [-0.2, 0) is 16.1 Å². The minimum Gasteiger partial charge on any atom is -0.380 e. The van der Waals surface area contributed by atoms with Gasteiger partial charge in [-0.1, -0.05) is 18.2 Å². The lowest BCUT2D eigenvalue weighted by Gasteiger charge is -2.28. The Morgan fingerprint density at radius 1 is 1.27 bits per heavy atom. The van der Waals surface area contributed by atoms with Crippen LogP contribution >= 0.6 is 0 Å². The summed E-state index contributed by atoms with van der Waals surface area (Å²) in [7, 11) is 0. The van der Waals surface area contributed by atoms with Crippen LogP contribution in [0.3, 0.4) is 0 Å². The number of aromatic nitrogens is 1. The average Bonchev–Trinajstić information content (AvgIpc) is 2.72. The topological polar surface area (TPSA) is 86.7 Å². The third kappa shape index (κ3) is 4.81. The first-order valence-corrected chi connectivity index (χ1v) is 8.49. The smallest absolute Gasteiger partial charge is 0.267 e. The number of pyridine rings is 1. The molecule has 0 bridgehead atoms. The van der Waals surface area contributed by atoms with E-state index in [1.165, 1.54) is 6.08 Å². The van der Waals surface area contributed by atoms with Gasteiger partial charge in [-0.15, -0.1) is 0 Å². The third-order valence-electron chi connectivity index (χ3n) is 4.11. The van der Waals surface area contributed by atoms with E-state index < -0.39 is 5.91 Å². The summed E-state index contributed by atoms with van der Waals surface area (Å²) in [6, 6.07) is 11.7. The summed E-state index contributed by atoms with van der Waals surface area (Å²) < 4.78 is 5.39. The summed E-state index contributed by atoms with van der Waals surface area (Å²) in [5.41, 5.74) is 4.46. The van der Waals surface area contributed by atoms with Crippen LogP contribution in [0.15, 0.2) is 48.7 Å². The molecule has 1 aromatic heterocycles. The van der Waals surface area contributed by atoms with Crippen molar-refractivity contribution in [2.75, 3.05) is 36.5 Å². The highest BCUT2D eigenvalue weighted by Gasteiger charge is 2.12. The van der Waals surface area contributed by atoms with Gasteiger partial charge in [0.05, 0.1) is 13.2 Å². The van der Waals surface area contributed by atoms with E-state index in [9.17, 15) is 4.79 Å². The normalized spacial score (nSPS) is 14.4. The van der Waals surface area contributed by atoms with Crippen molar-refractivity contribution >= 4 is 23.5 Å². The number of para-hydroxylation sites is 1. The number of ether oxygens (including phenoxy) is 1. The number of hydrogen-bond acceptors (Lipinski definition) is 6. The lowest BCUT2D eigenvalue weighted by Crippen LogP contribution is -2.36. The predicted octanol–water partition coefficient (Wildman–Crippen LogP) is 2.05. The molecule has 1 saturated heterocycles. The first-order chi connectivity index (χ1) is 12.8. The van der Waals surface area contributed by atoms with E-state index in [4.69, 9.17) is 9.94 Å². The first-order valence-electron chi connectivity index (χ1n) is 8.49. The van der Waals surface area contributed by atoms with Crippen molar-refractivity contribution in [3.05, 3.63) is 59.8 Å². The summed E-state index contributed by atoms with van der Waals surface area (Å²) in [5, 5.41) is 12.0. The molecule has 1 aromatic carbocycles. The number of nitrogens with one attached hydrogen (secondary N) is 2. The van der Waals surface area contributed by atoms with Gasteiger partial charge in [0.2, 0.25) is 0 Å². The fourth-order valence-corrected chi connectivity index (χ4v) is 2.74. The third-order valence-corrected chi connectivity index (χ3v) is 4.11. The Labute approximate surface area is 152 Å². The van der Waals surface area contributed by atoms with Crippen LogP contribution in [0.4, 0.5) is 11.5 Å². The maximum atomic E-state index is 11.2. The van der Waals surface area contributed by atoms with Crippen molar-refractivity contribution in [2.45, 2.75) is 6.54 Å². The number of hydrogen-bond donors (Lipinski definition) is 3. The summed E-state index contributed by atoms with van der Waals surface area (Å²) in [6.07, 6.45) is 4.75. The van der Waals surface area contributed by atoms with E-state index in [0.717, 1.165) is 48.9 Å². The molecule has 3 N–H and O–H groups in total. The van der Waals surface area contributed by atoms with Crippen LogP contribution in [0.2, 0.25) is 0 Å². The molecular formula is C19H22N4O3. The molecule has 1 aliphatic rings. The lowest BCUT2D eigenvalue weighted by atomic mass is 10.1. The van der Waals surface area contributed by atoms with E-state index in [2.05, 4.69) is 21.3 Å². The van der Waals surface area contributed by atoms with Crippen LogP contribution < -0.4 is 15.7 Å². The number of hydroxylamine groups is 1. The molecule has 0 saturated carbocycles. The number of carbonyl (C=O) groups excluding carboxylic acids is 1. The standard InChI is InChI=1S/C19H22N4O3/c24-19(22-25)6-5-16-3-1-2-4-17(16)21-14-15-7-8-20-18(13-15)23-9-11-26-12-10-23/h1-8,13,21,25H,9-12,14H2,(H,22,24)/b6-5+. The number of morpholine rings is 1. The Morgan fingerprint density at radius 2 is 2.08 bits per heavy atom. The number of benzene rings is 1. The SMILES string of the molecule is O=C(/C=C/c1ccccc1NCc1ccnc(N2CCOCC2)c1)NO. The highest BCUT2D eigenvalue weighted by molar-refractivity contribution is 5.91. The van der Waals surface area contributed by atoms with Crippen molar-refractivity contribution in [2.24, 2.45) is 0 Å². The second-order valence-corrected chi connectivity index (χ2v) is 5.87. The van der Waals surface area contributed by atoms with Crippen LogP contribution in [0.25, 0.3) is 6.08 Å².